The number of unbranched alkanes of at least 4 members (excludes halogenated alkanes) is 8. The number of hydrogen-bond acceptors (Lipinski definition) is 2. The molecule has 0 aliphatic carbocycles. The first-order valence-corrected chi connectivity index (χ1v) is 7.96. The van der Waals surface area contributed by atoms with Crippen LogP contribution in [0.2, 0.25) is 0 Å². The molecule has 0 radical (unpaired) electrons. The molecule has 0 heterocycles. The summed E-state index contributed by atoms with van der Waals surface area (Å²) in [4.78, 5) is 0. The van der Waals surface area contributed by atoms with Gasteiger partial charge in [0.05, 0.1) is 0 Å². The van der Waals surface area contributed by atoms with Crippen LogP contribution in [0.3, 0.4) is 0 Å². The van der Waals surface area contributed by atoms with Crippen molar-refractivity contribution >= 4 is 0 Å². The highest BCUT2D eigenvalue weighted by molar-refractivity contribution is 4.67. The lowest BCUT2D eigenvalue weighted by Crippen LogP contribution is -2.30. The van der Waals surface area contributed by atoms with Crippen LogP contribution in [-0.4, -0.2) is 18.0 Å². The smallest absolute Gasteiger partial charge is 0.165 e. The van der Waals surface area contributed by atoms with Crippen LogP contribution in [0.15, 0.2) is 0 Å². The maximum absolute atomic E-state index is 10.3. The first-order chi connectivity index (χ1) is 8.68. The van der Waals surface area contributed by atoms with Gasteiger partial charge in [0.2, 0.25) is 0 Å². The van der Waals surface area contributed by atoms with Crippen LogP contribution in [0.25, 0.3) is 0 Å². The van der Waals surface area contributed by atoms with Gasteiger partial charge in [0, 0.05) is 20.0 Å². The van der Waals surface area contributed by atoms with Crippen LogP contribution < -0.4 is 0 Å². The minimum absolute atomic E-state index is 0.793. The van der Waals surface area contributed by atoms with E-state index in [0.717, 1.165) is 25.7 Å². The highest BCUT2D eigenvalue weighted by atomic mass is 16.6. The van der Waals surface area contributed by atoms with E-state index in [2.05, 4.69) is 13.8 Å². The summed E-state index contributed by atoms with van der Waals surface area (Å²) in [5, 5.41) is 10.3. The summed E-state index contributed by atoms with van der Waals surface area (Å²) < 4.78 is 5.31. The monoisotopic (exact) mass is 258 g/mol. The van der Waals surface area contributed by atoms with E-state index in [4.69, 9.17) is 4.74 Å². The molecule has 0 saturated carbocycles. The van der Waals surface area contributed by atoms with Crippen molar-refractivity contribution in [3.63, 3.8) is 0 Å². The van der Waals surface area contributed by atoms with Gasteiger partial charge in [-0.15, -0.1) is 0 Å². The Kier molecular flexibility index (Phi) is 11.9. The Hall–Kier alpha value is -0.0800. The van der Waals surface area contributed by atoms with Gasteiger partial charge in [0.15, 0.2) is 5.79 Å². The molecule has 0 aliphatic rings. The van der Waals surface area contributed by atoms with Gasteiger partial charge in [-0.3, -0.25) is 0 Å². The van der Waals surface area contributed by atoms with E-state index >= 15 is 0 Å². The standard InChI is InChI=1S/C16H34O2/c1-4-6-8-10-12-14-16(17,18-3)15-13-11-9-7-5-2/h17H,4-15H2,1-3H3. The number of ether oxygens (including phenoxy) is 1. The summed E-state index contributed by atoms with van der Waals surface area (Å²) >= 11 is 0. The van der Waals surface area contributed by atoms with Crippen molar-refractivity contribution in [2.45, 2.75) is 96.7 Å². The van der Waals surface area contributed by atoms with Gasteiger partial charge < -0.3 is 9.84 Å². The predicted molar refractivity (Wildman–Crippen MR) is 78.7 cm³/mol. The molecule has 2 heteroatoms. The molecule has 1 N–H and O–H groups in total. The summed E-state index contributed by atoms with van der Waals surface area (Å²) in [6, 6.07) is 0. The molecule has 0 bridgehead atoms. The number of hydrogen-bond donors (Lipinski definition) is 1. The van der Waals surface area contributed by atoms with Crippen LogP contribution in [0.5, 0.6) is 0 Å². The van der Waals surface area contributed by atoms with E-state index in [1.54, 1.807) is 7.11 Å². The lowest BCUT2D eigenvalue weighted by Gasteiger charge is -2.26. The van der Waals surface area contributed by atoms with Crippen molar-refractivity contribution in [2.75, 3.05) is 7.11 Å². The highest BCUT2D eigenvalue weighted by Crippen LogP contribution is 2.23. The average Bonchev–Trinajstić information content (AvgIpc) is 2.38. The maximum Gasteiger partial charge on any atom is 0.165 e. The van der Waals surface area contributed by atoms with Crippen LogP contribution in [0.4, 0.5) is 0 Å². The fourth-order valence-electron chi connectivity index (χ4n) is 2.34. The Morgan fingerprint density at radius 1 is 0.722 bits per heavy atom. The molecular formula is C16H34O2. The normalized spacial score (nSPS) is 12.0. The second kappa shape index (κ2) is 12.0. The third-order valence-corrected chi connectivity index (χ3v) is 3.72. The Bertz CT molecular complexity index is 154. The zero-order valence-electron chi connectivity index (χ0n) is 12.8. The molecule has 0 fully saturated rings. The maximum atomic E-state index is 10.3. The Morgan fingerprint density at radius 2 is 1.11 bits per heavy atom. The lowest BCUT2D eigenvalue weighted by molar-refractivity contribution is -0.195. The number of methoxy groups -OCH3 is 1. The van der Waals surface area contributed by atoms with E-state index in [1.807, 2.05) is 0 Å². The molecule has 0 rings (SSSR count). The predicted octanol–water partition coefficient (Wildman–Crippen LogP) is 5.04. The van der Waals surface area contributed by atoms with Crippen LogP contribution in [0.1, 0.15) is 90.9 Å². The molecule has 0 aromatic rings. The summed E-state index contributed by atoms with van der Waals surface area (Å²) in [5.74, 6) is -0.863. The van der Waals surface area contributed by atoms with Crippen LogP contribution >= 0.6 is 0 Å². The Morgan fingerprint density at radius 3 is 1.44 bits per heavy atom. The zero-order chi connectivity index (χ0) is 13.7. The SMILES string of the molecule is CCCCCCCC(O)(CCCCCCC)OC. The molecule has 0 aromatic heterocycles. The van der Waals surface area contributed by atoms with E-state index in [1.165, 1.54) is 51.4 Å². The first-order valence-electron chi connectivity index (χ1n) is 7.96. The third-order valence-electron chi connectivity index (χ3n) is 3.72. The molecule has 18 heavy (non-hydrogen) atoms. The van der Waals surface area contributed by atoms with Crippen LogP contribution in [0, 0.1) is 0 Å². The van der Waals surface area contributed by atoms with Gasteiger partial charge in [0.1, 0.15) is 0 Å². The van der Waals surface area contributed by atoms with Crippen molar-refractivity contribution in [3.8, 4) is 0 Å². The Balaban J connectivity index is 3.60. The topological polar surface area (TPSA) is 29.5 Å². The van der Waals surface area contributed by atoms with Gasteiger partial charge in [-0.2, -0.15) is 0 Å². The second-order valence-electron chi connectivity index (χ2n) is 5.48. The van der Waals surface area contributed by atoms with E-state index < -0.39 is 5.79 Å². The summed E-state index contributed by atoms with van der Waals surface area (Å²) in [7, 11) is 1.64. The first kappa shape index (κ1) is 17.9. The molecule has 0 saturated heterocycles. The van der Waals surface area contributed by atoms with Gasteiger partial charge in [-0.1, -0.05) is 65.2 Å². The fraction of sp³-hybridized carbons (Fsp3) is 1.00. The molecule has 0 unspecified atom stereocenters. The zero-order valence-corrected chi connectivity index (χ0v) is 12.8. The minimum Gasteiger partial charge on any atom is -0.365 e. The summed E-state index contributed by atoms with van der Waals surface area (Å²) in [5.41, 5.74) is 0. The van der Waals surface area contributed by atoms with Crippen molar-refractivity contribution in [3.05, 3.63) is 0 Å². The number of aliphatic hydroxyl groups is 1. The van der Waals surface area contributed by atoms with E-state index in [0.29, 0.717) is 0 Å². The molecule has 0 aliphatic heterocycles. The molecule has 0 spiro atoms. The minimum atomic E-state index is -0.863. The molecule has 0 atom stereocenters. The third kappa shape index (κ3) is 9.90. The molecule has 0 amide bonds. The van der Waals surface area contributed by atoms with Gasteiger partial charge in [-0.25, -0.2) is 0 Å². The van der Waals surface area contributed by atoms with Crippen molar-refractivity contribution < 1.29 is 9.84 Å². The second-order valence-corrected chi connectivity index (χ2v) is 5.48. The lowest BCUT2D eigenvalue weighted by atomic mass is 9.99. The quantitative estimate of drug-likeness (QED) is 0.370. The average molecular weight is 258 g/mol. The van der Waals surface area contributed by atoms with E-state index in [-0.39, 0.29) is 0 Å². The fourth-order valence-corrected chi connectivity index (χ4v) is 2.34. The van der Waals surface area contributed by atoms with Crippen LogP contribution in [-0.2, 0) is 4.74 Å². The van der Waals surface area contributed by atoms with Gasteiger partial charge in [-0.05, 0) is 12.8 Å². The summed E-state index contributed by atoms with van der Waals surface area (Å²) in [6.07, 6.45) is 13.9. The highest BCUT2D eigenvalue weighted by Gasteiger charge is 2.24. The van der Waals surface area contributed by atoms with Crippen molar-refractivity contribution in [2.24, 2.45) is 0 Å². The van der Waals surface area contributed by atoms with Gasteiger partial charge in [0.25, 0.3) is 0 Å². The van der Waals surface area contributed by atoms with Crippen molar-refractivity contribution in [1.82, 2.24) is 0 Å². The summed E-state index contributed by atoms with van der Waals surface area (Å²) in [6.45, 7) is 4.45. The van der Waals surface area contributed by atoms with E-state index in [9.17, 15) is 5.11 Å². The largest absolute Gasteiger partial charge is 0.365 e. The molecular weight excluding hydrogens is 224 g/mol. The molecule has 2 nitrogen and oxygen atoms in total. The Labute approximate surface area is 114 Å². The van der Waals surface area contributed by atoms with Gasteiger partial charge >= 0.3 is 0 Å². The molecule has 0 aromatic carbocycles. The molecule has 110 valence electrons. The number of rotatable bonds is 13. The van der Waals surface area contributed by atoms with Crippen molar-refractivity contribution in [1.29, 1.82) is 0 Å².